The second-order valence-corrected chi connectivity index (χ2v) is 8.24. The normalized spacial score (nSPS) is 10.5. The van der Waals surface area contributed by atoms with Crippen molar-refractivity contribution >= 4 is 47.2 Å². The molecule has 0 aliphatic heterocycles. The predicted octanol–water partition coefficient (Wildman–Crippen LogP) is 7.08. The van der Waals surface area contributed by atoms with Crippen molar-refractivity contribution < 1.29 is 32.6 Å². The number of carbonyl (C=O) groups excluding carboxylic acids is 1. The van der Waals surface area contributed by atoms with Gasteiger partial charge in [0.1, 0.15) is 23.3 Å². The second kappa shape index (κ2) is 12.8. The van der Waals surface area contributed by atoms with Crippen molar-refractivity contribution in [1.29, 1.82) is 0 Å². The first-order valence-electron chi connectivity index (χ1n) is 10.1. The maximum absolute atomic E-state index is 13.1. The molecule has 7 nitrogen and oxygen atoms in total. The van der Waals surface area contributed by atoms with E-state index in [0.717, 1.165) is 23.6 Å². The lowest BCUT2D eigenvalue weighted by molar-refractivity contribution is -0.137. The largest absolute Gasteiger partial charge is 0.478 e. The molecule has 3 rings (SSSR count). The molecule has 0 saturated carbocycles. The molecule has 0 aliphatic rings. The number of alkyl halides is 3. The Morgan fingerprint density at radius 2 is 1.92 bits per heavy atom. The number of hydrogen-bond donors (Lipinski definition) is 3. The van der Waals surface area contributed by atoms with E-state index in [4.69, 9.17) is 21.1 Å². The van der Waals surface area contributed by atoms with E-state index < -0.39 is 22.7 Å². The van der Waals surface area contributed by atoms with Crippen LogP contribution < -0.4 is 14.8 Å². The molecular weight excluding hydrogens is 519 g/mol. The Labute approximate surface area is 214 Å². The molecule has 1 heterocycles. The molecular formula is C24H21ClF3N3O4S. The van der Waals surface area contributed by atoms with Crippen LogP contribution in [0.1, 0.15) is 21.5 Å². The number of pyridine rings is 1. The molecule has 0 unspecified atom stereocenters. The lowest BCUT2D eigenvalue weighted by Crippen LogP contribution is -2.06. The van der Waals surface area contributed by atoms with Gasteiger partial charge in [-0.05, 0) is 73.0 Å². The molecule has 36 heavy (non-hydrogen) atoms. The van der Waals surface area contributed by atoms with Crippen LogP contribution in [0, 0.1) is 6.92 Å². The van der Waals surface area contributed by atoms with Crippen molar-refractivity contribution in [3.05, 3.63) is 83.0 Å². The van der Waals surface area contributed by atoms with Crippen molar-refractivity contribution in [2.24, 2.45) is 0 Å². The van der Waals surface area contributed by atoms with Crippen LogP contribution in [0.4, 0.5) is 24.5 Å². The van der Waals surface area contributed by atoms with Crippen LogP contribution in [0.2, 0.25) is 5.02 Å². The van der Waals surface area contributed by atoms with Crippen molar-refractivity contribution in [1.82, 2.24) is 4.98 Å². The number of aromatic nitrogens is 1. The zero-order valence-corrected chi connectivity index (χ0v) is 20.6. The van der Waals surface area contributed by atoms with Gasteiger partial charge in [0.25, 0.3) is 0 Å². The van der Waals surface area contributed by atoms with Gasteiger partial charge in [0, 0.05) is 23.8 Å². The molecule has 0 saturated heterocycles. The standard InChI is InChI=1S/C21H17ClF3N3O3S.C3H4O/c1-11-7-17(28-32-13-4-5-16(22)15(9-13)21(23,24)25)19(27-10-11)31-18-6-3-12(26-2)8-14(18)20(29)30;1-2-3-4/h3-10,26,28H,1-2H3,(H,29,30);2-3H,1H2. The number of carboxylic acid groups (broad SMARTS) is 1. The van der Waals surface area contributed by atoms with Gasteiger partial charge in [-0.15, -0.1) is 0 Å². The van der Waals surface area contributed by atoms with Crippen molar-refractivity contribution in [2.75, 3.05) is 17.1 Å². The zero-order valence-electron chi connectivity index (χ0n) is 19.0. The third-order valence-electron chi connectivity index (χ3n) is 4.31. The van der Waals surface area contributed by atoms with Crippen LogP contribution in [0.25, 0.3) is 0 Å². The van der Waals surface area contributed by atoms with Gasteiger partial charge >= 0.3 is 12.1 Å². The van der Waals surface area contributed by atoms with E-state index in [2.05, 4.69) is 21.6 Å². The second-order valence-electron chi connectivity index (χ2n) is 6.95. The number of carboxylic acids is 1. The molecule has 0 fully saturated rings. The monoisotopic (exact) mass is 539 g/mol. The Bertz CT molecular complexity index is 1250. The third kappa shape index (κ3) is 7.92. The molecule has 0 bridgehead atoms. The molecule has 0 amide bonds. The number of rotatable bonds is 8. The summed E-state index contributed by atoms with van der Waals surface area (Å²) in [4.78, 5) is 25.1. The van der Waals surface area contributed by atoms with E-state index in [1.807, 2.05) is 0 Å². The van der Waals surface area contributed by atoms with Gasteiger partial charge in [0.2, 0.25) is 5.88 Å². The summed E-state index contributed by atoms with van der Waals surface area (Å²) in [5.41, 5.74) is 0.679. The number of allylic oxidation sites excluding steroid dienone is 1. The lowest BCUT2D eigenvalue weighted by Gasteiger charge is -2.15. The first-order valence-corrected chi connectivity index (χ1v) is 11.2. The third-order valence-corrected chi connectivity index (χ3v) is 5.45. The zero-order chi connectivity index (χ0) is 26.9. The van der Waals surface area contributed by atoms with Gasteiger partial charge < -0.3 is 19.9 Å². The maximum atomic E-state index is 13.1. The van der Waals surface area contributed by atoms with Crippen LogP contribution in [0.15, 0.2) is 66.2 Å². The molecule has 2 aromatic carbocycles. The summed E-state index contributed by atoms with van der Waals surface area (Å²) >= 11 is 6.57. The number of ether oxygens (including phenoxy) is 1. The highest BCUT2D eigenvalue weighted by molar-refractivity contribution is 8.00. The Kier molecular flexibility index (Phi) is 10.2. The summed E-state index contributed by atoms with van der Waals surface area (Å²) in [5.74, 6) is -1.06. The van der Waals surface area contributed by atoms with Gasteiger partial charge in [-0.25, -0.2) is 9.78 Å². The fourth-order valence-corrected chi connectivity index (χ4v) is 3.57. The van der Waals surface area contributed by atoms with E-state index in [-0.39, 0.29) is 22.1 Å². The average molecular weight is 540 g/mol. The fourth-order valence-electron chi connectivity index (χ4n) is 2.66. The number of hydrogen-bond acceptors (Lipinski definition) is 7. The number of nitrogens with one attached hydrogen (secondary N) is 2. The fraction of sp³-hybridized carbons (Fsp3) is 0.125. The first kappa shape index (κ1) is 28.5. The minimum Gasteiger partial charge on any atom is -0.478 e. The minimum absolute atomic E-state index is 0.0618. The maximum Gasteiger partial charge on any atom is 0.417 e. The summed E-state index contributed by atoms with van der Waals surface area (Å²) < 4.78 is 48.0. The molecule has 12 heteroatoms. The van der Waals surface area contributed by atoms with Crippen LogP contribution >= 0.6 is 23.5 Å². The van der Waals surface area contributed by atoms with Crippen LogP contribution in [0.3, 0.4) is 0 Å². The summed E-state index contributed by atoms with van der Waals surface area (Å²) in [7, 11) is 1.66. The van der Waals surface area contributed by atoms with Crippen LogP contribution in [-0.4, -0.2) is 29.4 Å². The Morgan fingerprint density at radius 1 is 1.22 bits per heavy atom. The van der Waals surface area contributed by atoms with Gasteiger partial charge in [-0.2, -0.15) is 13.2 Å². The van der Waals surface area contributed by atoms with Crippen molar-refractivity contribution in [3.8, 4) is 11.6 Å². The summed E-state index contributed by atoms with van der Waals surface area (Å²) in [5, 5.41) is 11.9. The van der Waals surface area contributed by atoms with E-state index in [9.17, 15) is 23.1 Å². The molecule has 1 aromatic heterocycles. The predicted molar refractivity (Wildman–Crippen MR) is 134 cm³/mol. The molecule has 0 aliphatic carbocycles. The number of nitrogens with zero attached hydrogens (tertiary/aromatic N) is 1. The number of aryl methyl sites for hydroxylation is 1. The van der Waals surface area contributed by atoms with Crippen molar-refractivity contribution in [3.63, 3.8) is 0 Å². The lowest BCUT2D eigenvalue weighted by atomic mass is 10.2. The van der Waals surface area contributed by atoms with Gasteiger partial charge in [0.15, 0.2) is 0 Å². The van der Waals surface area contributed by atoms with Gasteiger partial charge in [-0.3, -0.25) is 4.79 Å². The Morgan fingerprint density at radius 3 is 2.50 bits per heavy atom. The highest BCUT2D eigenvalue weighted by Gasteiger charge is 2.33. The smallest absolute Gasteiger partial charge is 0.417 e. The number of aromatic carboxylic acids is 1. The number of halogens is 4. The SMILES string of the molecule is C=CC=O.CNc1ccc(Oc2ncc(C)cc2NSc2ccc(Cl)c(C(F)(F)F)c2)c(C(=O)O)c1. The van der Waals surface area contributed by atoms with Crippen LogP contribution in [0.5, 0.6) is 11.6 Å². The van der Waals surface area contributed by atoms with E-state index in [1.54, 1.807) is 26.1 Å². The first-order chi connectivity index (χ1) is 17.0. The molecule has 0 spiro atoms. The molecule has 0 radical (unpaired) electrons. The quantitative estimate of drug-likeness (QED) is 0.158. The highest BCUT2D eigenvalue weighted by atomic mass is 35.5. The molecule has 3 aromatic rings. The minimum atomic E-state index is -4.58. The summed E-state index contributed by atoms with van der Waals surface area (Å²) in [6.07, 6.45) is -1.23. The Balaban J connectivity index is 0.00000106. The average Bonchev–Trinajstić information content (AvgIpc) is 2.84. The van der Waals surface area contributed by atoms with E-state index in [1.165, 1.54) is 36.5 Å². The van der Waals surface area contributed by atoms with Gasteiger partial charge in [0.05, 0.1) is 10.6 Å². The number of anilines is 2. The van der Waals surface area contributed by atoms with Crippen LogP contribution in [-0.2, 0) is 11.0 Å². The molecule has 190 valence electrons. The summed E-state index contributed by atoms with van der Waals surface area (Å²) in [6.45, 7) is 4.89. The number of carbonyl (C=O) groups is 2. The Hall–Kier alpha value is -3.70. The number of aldehydes is 1. The topological polar surface area (TPSA) is 101 Å². The highest BCUT2D eigenvalue weighted by Crippen LogP contribution is 2.38. The molecule has 3 N–H and O–H groups in total. The van der Waals surface area contributed by atoms with E-state index in [0.29, 0.717) is 17.7 Å². The van der Waals surface area contributed by atoms with Crippen molar-refractivity contribution in [2.45, 2.75) is 18.0 Å². The van der Waals surface area contributed by atoms with Gasteiger partial charge in [-0.1, -0.05) is 18.2 Å². The summed E-state index contributed by atoms with van der Waals surface area (Å²) in [6, 6.07) is 9.77. The van der Waals surface area contributed by atoms with E-state index >= 15 is 0 Å². The molecule has 0 atom stereocenters. The number of benzene rings is 2.